The zero-order valence-electron chi connectivity index (χ0n) is 20.1. The van der Waals surface area contributed by atoms with Crippen molar-refractivity contribution in [2.45, 2.75) is 32.9 Å². The molecular weight excluding hydrogens is 476 g/mol. The zero-order valence-corrected chi connectivity index (χ0v) is 20.9. The van der Waals surface area contributed by atoms with Crippen molar-refractivity contribution >= 4 is 33.2 Å². The van der Waals surface area contributed by atoms with Crippen LogP contribution in [0, 0.1) is 10.1 Å². The summed E-state index contributed by atoms with van der Waals surface area (Å²) in [6, 6.07) is 11.1. The number of carbonyl (C=O) groups is 2. The molecule has 11 nitrogen and oxygen atoms in total. The second-order valence-corrected chi connectivity index (χ2v) is 9.64. The first-order valence-electron chi connectivity index (χ1n) is 10.9. The normalized spacial score (nSPS) is 11.9. The smallest absolute Gasteiger partial charge is 0.271 e. The first-order chi connectivity index (χ1) is 16.5. The van der Waals surface area contributed by atoms with E-state index >= 15 is 0 Å². The number of ether oxygens (including phenoxy) is 1. The first kappa shape index (κ1) is 27.6. The Morgan fingerprint density at radius 3 is 2.31 bits per heavy atom. The number of nitrogens with one attached hydrogen (secondary N) is 1. The van der Waals surface area contributed by atoms with Gasteiger partial charge in [-0.2, -0.15) is 0 Å². The maximum atomic E-state index is 13.5. The third kappa shape index (κ3) is 7.41. The number of carbonyl (C=O) groups excluding carboxylic acids is 2. The SMILES string of the molecule is CCNC(=O)C(CC)N(Cc1ccc(OC)cc1)C(=O)CN(c1cccc([N+](=O)[O-])c1)S(C)(=O)=O. The Hall–Kier alpha value is -3.67. The van der Waals surface area contributed by atoms with Gasteiger partial charge in [0, 0.05) is 25.2 Å². The van der Waals surface area contributed by atoms with E-state index in [9.17, 15) is 28.1 Å². The van der Waals surface area contributed by atoms with E-state index in [4.69, 9.17) is 4.74 Å². The molecule has 1 unspecified atom stereocenters. The van der Waals surface area contributed by atoms with Crippen molar-refractivity contribution in [1.82, 2.24) is 10.2 Å². The van der Waals surface area contributed by atoms with Gasteiger partial charge in [-0.15, -0.1) is 0 Å². The van der Waals surface area contributed by atoms with E-state index < -0.39 is 33.4 Å². The number of likely N-dealkylation sites (N-methyl/N-ethyl adjacent to an activating group) is 1. The summed E-state index contributed by atoms with van der Waals surface area (Å²) in [4.78, 5) is 38.1. The van der Waals surface area contributed by atoms with Gasteiger partial charge in [0.25, 0.3) is 5.69 Å². The number of rotatable bonds is 12. The molecule has 2 aromatic rings. The molecule has 1 atom stereocenters. The van der Waals surface area contributed by atoms with Gasteiger partial charge in [-0.3, -0.25) is 24.0 Å². The molecule has 0 bridgehead atoms. The van der Waals surface area contributed by atoms with Crippen LogP contribution >= 0.6 is 0 Å². The number of nitro groups is 1. The predicted molar refractivity (Wildman–Crippen MR) is 132 cm³/mol. The number of amides is 2. The molecule has 0 heterocycles. The van der Waals surface area contributed by atoms with Crippen molar-refractivity contribution in [1.29, 1.82) is 0 Å². The van der Waals surface area contributed by atoms with Crippen LogP contribution in [-0.2, 0) is 26.2 Å². The van der Waals surface area contributed by atoms with E-state index in [1.807, 2.05) is 0 Å². The fourth-order valence-electron chi connectivity index (χ4n) is 3.51. The lowest BCUT2D eigenvalue weighted by Gasteiger charge is -2.32. The van der Waals surface area contributed by atoms with Crippen LogP contribution in [0.25, 0.3) is 0 Å². The Bertz CT molecular complexity index is 1150. The minimum atomic E-state index is -3.99. The van der Waals surface area contributed by atoms with Crippen LogP contribution in [0.3, 0.4) is 0 Å². The van der Waals surface area contributed by atoms with E-state index in [0.717, 1.165) is 16.6 Å². The number of anilines is 1. The molecule has 1 N–H and O–H groups in total. The lowest BCUT2D eigenvalue weighted by atomic mass is 10.1. The molecule has 2 rings (SSSR count). The lowest BCUT2D eigenvalue weighted by molar-refractivity contribution is -0.384. The highest BCUT2D eigenvalue weighted by Crippen LogP contribution is 2.24. The van der Waals surface area contributed by atoms with Crippen molar-refractivity contribution in [3.8, 4) is 5.75 Å². The van der Waals surface area contributed by atoms with Gasteiger partial charge in [-0.1, -0.05) is 25.1 Å². The van der Waals surface area contributed by atoms with Gasteiger partial charge >= 0.3 is 0 Å². The molecule has 35 heavy (non-hydrogen) atoms. The molecular formula is C23H30N4O7S. The molecule has 0 radical (unpaired) electrons. The molecule has 0 aliphatic rings. The van der Waals surface area contributed by atoms with Crippen LogP contribution in [0.5, 0.6) is 5.75 Å². The molecule has 0 aliphatic carbocycles. The molecule has 0 fully saturated rings. The number of hydrogen-bond donors (Lipinski definition) is 1. The van der Waals surface area contributed by atoms with Gasteiger partial charge in [-0.25, -0.2) is 8.42 Å². The standard InChI is InChI=1S/C23H30N4O7S/c1-5-21(23(29)24-6-2)25(15-17-10-12-20(34-3)13-11-17)22(28)16-26(35(4,32)33)18-8-7-9-19(14-18)27(30)31/h7-14,21H,5-6,15-16H2,1-4H3,(H,24,29). The minimum absolute atomic E-state index is 0.0227. The predicted octanol–water partition coefficient (Wildman–Crippen LogP) is 2.31. The van der Waals surface area contributed by atoms with Crippen molar-refractivity contribution in [2.24, 2.45) is 0 Å². The molecule has 0 saturated carbocycles. The van der Waals surface area contributed by atoms with Gasteiger partial charge in [0.2, 0.25) is 21.8 Å². The number of benzene rings is 2. The van der Waals surface area contributed by atoms with E-state index in [-0.39, 0.29) is 23.8 Å². The van der Waals surface area contributed by atoms with Crippen LogP contribution in [0.2, 0.25) is 0 Å². The number of methoxy groups -OCH3 is 1. The average molecular weight is 507 g/mol. The number of nitro benzene ring substituents is 1. The molecule has 2 aromatic carbocycles. The number of hydrogen-bond acceptors (Lipinski definition) is 7. The fraction of sp³-hybridized carbons (Fsp3) is 0.391. The molecule has 2 amide bonds. The van der Waals surface area contributed by atoms with Crippen molar-refractivity contribution in [2.75, 3.05) is 30.8 Å². The Labute approximate surface area is 204 Å². The van der Waals surface area contributed by atoms with Crippen LogP contribution in [0.4, 0.5) is 11.4 Å². The largest absolute Gasteiger partial charge is 0.497 e. The summed E-state index contributed by atoms with van der Waals surface area (Å²) in [5.41, 5.74) is 0.376. The van der Waals surface area contributed by atoms with Crippen LogP contribution in [0.1, 0.15) is 25.8 Å². The quantitative estimate of drug-likeness (QED) is 0.344. The van der Waals surface area contributed by atoms with Gasteiger partial charge in [-0.05, 0) is 37.1 Å². The maximum Gasteiger partial charge on any atom is 0.271 e. The summed E-state index contributed by atoms with van der Waals surface area (Å²) in [6.45, 7) is 3.29. The van der Waals surface area contributed by atoms with Crippen molar-refractivity contribution in [3.05, 3.63) is 64.2 Å². The van der Waals surface area contributed by atoms with E-state index in [0.29, 0.717) is 24.3 Å². The summed E-state index contributed by atoms with van der Waals surface area (Å²) >= 11 is 0. The summed E-state index contributed by atoms with van der Waals surface area (Å²) < 4.78 is 31.1. The molecule has 0 aromatic heterocycles. The lowest BCUT2D eigenvalue weighted by Crippen LogP contribution is -2.52. The topological polar surface area (TPSA) is 139 Å². The van der Waals surface area contributed by atoms with Gasteiger partial charge in [0.05, 0.1) is 24.0 Å². The first-order valence-corrected chi connectivity index (χ1v) is 12.8. The molecule has 190 valence electrons. The Balaban J connectivity index is 2.45. The zero-order chi connectivity index (χ0) is 26.2. The van der Waals surface area contributed by atoms with Crippen LogP contribution in [0.15, 0.2) is 48.5 Å². The summed E-state index contributed by atoms with van der Waals surface area (Å²) in [5, 5.41) is 13.9. The minimum Gasteiger partial charge on any atom is -0.497 e. The Morgan fingerprint density at radius 1 is 1.14 bits per heavy atom. The van der Waals surface area contributed by atoms with Crippen molar-refractivity contribution in [3.63, 3.8) is 0 Å². The highest BCUT2D eigenvalue weighted by atomic mass is 32.2. The number of non-ortho nitro benzene ring substituents is 1. The van der Waals surface area contributed by atoms with E-state index in [1.165, 1.54) is 30.2 Å². The summed E-state index contributed by atoms with van der Waals surface area (Å²) in [7, 11) is -2.46. The van der Waals surface area contributed by atoms with Gasteiger partial charge < -0.3 is 15.0 Å². The Morgan fingerprint density at radius 2 is 1.80 bits per heavy atom. The highest BCUT2D eigenvalue weighted by Gasteiger charge is 2.31. The second kappa shape index (κ2) is 12.2. The Kier molecular flexibility index (Phi) is 9.58. The highest BCUT2D eigenvalue weighted by molar-refractivity contribution is 7.92. The monoisotopic (exact) mass is 506 g/mol. The van der Waals surface area contributed by atoms with Crippen molar-refractivity contribution < 1.29 is 27.7 Å². The van der Waals surface area contributed by atoms with E-state index in [2.05, 4.69) is 5.32 Å². The summed E-state index contributed by atoms with van der Waals surface area (Å²) in [6.07, 6.45) is 1.21. The average Bonchev–Trinajstić information content (AvgIpc) is 2.82. The molecule has 0 spiro atoms. The maximum absolute atomic E-state index is 13.5. The summed E-state index contributed by atoms with van der Waals surface area (Å²) in [5.74, 6) is -0.370. The number of nitrogens with zero attached hydrogens (tertiary/aromatic N) is 3. The van der Waals surface area contributed by atoms with Crippen LogP contribution in [-0.4, -0.2) is 62.6 Å². The third-order valence-corrected chi connectivity index (χ3v) is 6.40. The fourth-order valence-corrected chi connectivity index (χ4v) is 4.36. The van der Waals surface area contributed by atoms with Crippen LogP contribution < -0.4 is 14.4 Å². The van der Waals surface area contributed by atoms with E-state index in [1.54, 1.807) is 38.1 Å². The van der Waals surface area contributed by atoms with Gasteiger partial charge in [0.15, 0.2) is 0 Å². The molecule has 0 saturated heterocycles. The third-order valence-electron chi connectivity index (χ3n) is 5.26. The molecule has 0 aliphatic heterocycles. The second-order valence-electron chi connectivity index (χ2n) is 7.73. The molecule has 12 heteroatoms. The number of sulfonamides is 1. The van der Waals surface area contributed by atoms with Gasteiger partial charge in [0.1, 0.15) is 18.3 Å².